The summed E-state index contributed by atoms with van der Waals surface area (Å²) < 4.78 is 0. The zero-order valence-electron chi connectivity index (χ0n) is 13.6. The summed E-state index contributed by atoms with van der Waals surface area (Å²) in [6, 6.07) is 0. The van der Waals surface area contributed by atoms with Crippen LogP contribution in [0.2, 0.25) is 0 Å². The van der Waals surface area contributed by atoms with Crippen LogP contribution in [-0.2, 0) is 0 Å². The Kier molecular flexibility index (Phi) is 18.7. The zero-order chi connectivity index (χ0) is 14.0. The summed E-state index contributed by atoms with van der Waals surface area (Å²) in [4.78, 5) is 0. The molecule has 0 aromatic heterocycles. The van der Waals surface area contributed by atoms with Crippen LogP contribution in [0.15, 0.2) is 0 Å². The predicted octanol–water partition coefficient (Wildman–Crippen LogP) is 7.38. The molecular weight excluding hydrogens is 248 g/mol. The highest BCUT2D eigenvalue weighted by atomic mass is 32.2. The van der Waals surface area contributed by atoms with E-state index in [0.29, 0.717) is 0 Å². The number of hydrogen-bond acceptors (Lipinski definition) is 1. The van der Waals surface area contributed by atoms with E-state index in [1.165, 1.54) is 95.6 Å². The molecule has 0 aliphatic carbocycles. The smallest absolute Gasteiger partial charge is 0.0135 e. The predicted molar refractivity (Wildman–Crippen MR) is 92.7 cm³/mol. The minimum Gasteiger partial charge on any atom is -0.158 e. The van der Waals surface area contributed by atoms with Gasteiger partial charge in [0.1, 0.15) is 0 Å². The van der Waals surface area contributed by atoms with Crippen molar-refractivity contribution in [2.45, 2.75) is 104 Å². The molecule has 0 spiro atoms. The van der Waals surface area contributed by atoms with Crippen LogP contribution in [0.4, 0.5) is 0 Å². The van der Waals surface area contributed by atoms with E-state index < -0.39 is 0 Å². The fraction of sp³-hybridized carbons (Fsp3) is 0.944. The molecule has 0 N–H and O–H groups in total. The SMILES string of the molecule is C[CH]SCCCCCCCCCCCCCCCC. The molecule has 0 saturated heterocycles. The largest absolute Gasteiger partial charge is 0.158 e. The van der Waals surface area contributed by atoms with Crippen LogP contribution >= 0.6 is 11.8 Å². The van der Waals surface area contributed by atoms with E-state index in [1.54, 1.807) is 0 Å². The molecule has 0 nitrogen and oxygen atoms in total. The monoisotopic (exact) mass is 285 g/mol. The second-order valence-corrected chi connectivity index (χ2v) is 6.92. The molecule has 0 amide bonds. The van der Waals surface area contributed by atoms with E-state index in [0.717, 1.165) is 0 Å². The summed E-state index contributed by atoms with van der Waals surface area (Å²) in [6.45, 7) is 4.43. The highest BCUT2D eigenvalue weighted by molar-refractivity contribution is 8.01. The topological polar surface area (TPSA) is 0 Å². The Morgan fingerprint density at radius 1 is 0.579 bits per heavy atom. The van der Waals surface area contributed by atoms with Gasteiger partial charge in [0.25, 0.3) is 0 Å². The molecule has 115 valence electrons. The molecule has 19 heavy (non-hydrogen) atoms. The van der Waals surface area contributed by atoms with E-state index in [-0.39, 0.29) is 0 Å². The third-order valence-corrected chi connectivity index (χ3v) is 4.64. The van der Waals surface area contributed by atoms with Crippen molar-refractivity contribution >= 4 is 11.8 Å². The molecule has 1 heteroatoms. The summed E-state index contributed by atoms with van der Waals surface area (Å²) in [5.41, 5.74) is 0. The molecule has 0 unspecified atom stereocenters. The Balaban J connectivity index is 2.88. The van der Waals surface area contributed by atoms with Crippen molar-refractivity contribution in [3.05, 3.63) is 5.75 Å². The third kappa shape index (κ3) is 18.4. The van der Waals surface area contributed by atoms with Gasteiger partial charge >= 0.3 is 0 Å². The molecule has 0 fully saturated rings. The van der Waals surface area contributed by atoms with E-state index in [1.807, 2.05) is 11.8 Å². The fourth-order valence-corrected chi connectivity index (χ4v) is 3.10. The van der Waals surface area contributed by atoms with Gasteiger partial charge in [0.2, 0.25) is 0 Å². The average Bonchev–Trinajstić information content (AvgIpc) is 2.43. The Morgan fingerprint density at radius 2 is 0.947 bits per heavy atom. The Bertz CT molecular complexity index is 129. The van der Waals surface area contributed by atoms with Gasteiger partial charge in [-0.2, -0.15) is 11.8 Å². The highest BCUT2D eigenvalue weighted by Crippen LogP contribution is 2.14. The minimum absolute atomic E-state index is 1.33. The summed E-state index contributed by atoms with van der Waals surface area (Å²) in [6.07, 6.45) is 20.4. The number of rotatable bonds is 16. The number of thioether (sulfide) groups is 1. The molecule has 0 atom stereocenters. The summed E-state index contributed by atoms with van der Waals surface area (Å²) >= 11 is 1.97. The van der Waals surface area contributed by atoms with Crippen molar-refractivity contribution in [1.29, 1.82) is 0 Å². The van der Waals surface area contributed by atoms with E-state index in [2.05, 4.69) is 19.6 Å². The van der Waals surface area contributed by atoms with Crippen molar-refractivity contribution in [3.8, 4) is 0 Å². The average molecular weight is 286 g/mol. The van der Waals surface area contributed by atoms with Gasteiger partial charge in [0.15, 0.2) is 0 Å². The van der Waals surface area contributed by atoms with Crippen LogP contribution in [0, 0.1) is 5.75 Å². The van der Waals surface area contributed by atoms with Crippen LogP contribution in [0.25, 0.3) is 0 Å². The molecule has 0 aromatic carbocycles. The van der Waals surface area contributed by atoms with Gasteiger partial charge < -0.3 is 0 Å². The van der Waals surface area contributed by atoms with Gasteiger partial charge in [-0.3, -0.25) is 0 Å². The first-order valence-electron chi connectivity index (χ1n) is 8.81. The number of unbranched alkanes of at least 4 members (excludes halogenated alkanes) is 13. The second-order valence-electron chi connectivity index (χ2n) is 5.70. The second kappa shape index (κ2) is 18.4. The molecular formula is C18H37S. The van der Waals surface area contributed by atoms with Crippen LogP contribution in [-0.4, -0.2) is 5.75 Å². The first kappa shape index (κ1) is 19.4. The van der Waals surface area contributed by atoms with Crippen molar-refractivity contribution in [1.82, 2.24) is 0 Å². The van der Waals surface area contributed by atoms with Gasteiger partial charge in [-0.15, -0.1) is 0 Å². The Hall–Kier alpha value is 0.350. The zero-order valence-corrected chi connectivity index (χ0v) is 14.4. The van der Waals surface area contributed by atoms with Gasteiger partial charge in [0.05, 0.1) is 0 Å². The lowest BCUT2D eigenvalue weighted by molar-refractivity contribution is 0.538. The van der Waals surface area contributed by atoms with Gasteiger partial charge in [-0.1, -0.05) is 97.3 Å². The standard InChI is InChI=1S/C18H37S/c1-3-5-6-7-8-9-10-11-12-13-14-15-16-17-18-19-4-2/h4H,3,5-18H2,1-2H3. The molecule has 0 aliphatic rings. The van der Waals surface area contributed by atoms with Gasteiger partial charge in [-0.05, 0) is 12.2 Å². The first-order valence-corrected chi connectivity index (χ1v) is 9.86. The van der Waals surface area contributed by atoms with E-state index >= 15 is 0 Å². The maximum Gasteiger partial charge on any atom is 0.0135 e. The van der Waals surface area contributed by atoms with Crippen LogP contribution in [0.5, 0.6) is 0 Å². The molecule has 0 bridgehead atoms. The van der Waals surface area contributed by atoms with Crippen LogP contribution in [0.1, 0.15) is 104 Å². The van der Waals surface area contributed by atoms with Crippen molar-refractivity contribution in [3.63, 3.8) is 0 Å². The molecule has 0 aromatic rings. The summed E-state index contributed by atoms with van der Waals surface area (Å²) in [7, 11) is 0. The molecule has 0 rings (SSSR count). The van der Waals surface area contributed by atoms with Gasteiger partial charge in [0, 0.05) is 5.75 Å². The Labute approximate surface area is 127 Å². The van der Waals surface area contributed by atoms with Crippen molar-refractivity contribution in [2.24, 2.45) is 0 Å². The van der Waals surface area contributed by atoms with Gasteiger partial charge in [-0.25, -0.2) is 0 Å². The van der Waals surface area contributed by atoms with E-state index in [4.69, 9.17) is 0 Å². The summed E-state index contributed by atoms with van der Waals surface area (Å²) in [5.74, 6) is 3.54. The summed E-state index contributed by atoms with van der Waals surface area (Å²) in [5, 5.41) is 0. The third-order valence-electron chi connectivity index (χ3n) is 3.78. The first-order chi connectivity index (χ1) is 9.41. The quantitative estimate of drug-likeness (QED) is 0.266. The van der Waals surface area contributed by atoms with Crippen LogP contribution < -0.4 is 0 Å². The van der Waals surface area contributed by atoms with Crippen molar-refractivity contribution in [2.75, 3.05) is 5.75 Å². The Morgan fingerprint density at radius 3 is 1.32 bits per heavy atom. The van der Waals surface area contributed by atoms with E-state index in [9.17, 15) is 0 Å². The minimum atomic E-state index is 1.33. The molecule has 0 saturated carbocycles. The maximum absolute atomic E-state index is 2.29. The maximum atomic E-state index is 2.29. The normalized spacial score (nSPS) is 11.1. The van der Waals surface area contributed by atoms with Crippen molar-refractivity contribution < 1.29 is 0 Å². The lowest BCUT2D eigenvalue weighted by Gasteiger charge is -2.03. The fourth-order valence-electron chi connectivity index (χ4n) is 2.50. The molecule has 1 radical (unpaired) electrons. The molecule has 0 aliphatic heterocycles. The lowest BCUT2D eigenvalue weighted by atomic mass is 10.0. The molecule has 0 heterocycles. The number of hydrogen-bond donors (Lipinski definition) is 0. The lowest BCUT2D eigenvalue weighted by Crippen LogP contribution is -1.84. The highest BCUT2D eigenvalue weighted by Gasteiger charge is 1.94. The van der Waals surface area contributed by atoms with Crippen LogP contribution in [0.3, 0.4) is 0 Å².